The molecule has 0 spiro atoms. The summed E-state index contributed by atoms with van der Waals surface area (Å²) in [5, 5.41) is 0. The van der Waals surface area contributed by atoms with E-state index in [4.69, 9.17) is 0 Å². The van der Waals surface area contributed by atoms with E-state index in [2.05, 4.69) is 35.3 Å². The maximum atomic E-state index is 4.22. The van der Waals surface area contributed by atoms with Gasteiger partial charge in [0.15, 0.2) is 0 Å². The standard InChI is InChI=1S/C14H15N/c1-2-13(11-4-5-11)10-14(3-1)12-6-8-15-9-7-12/h1-3,6,9-11H,4-5,7-8H2. The molecule has 0 saturated heterocycles. The Balaban J connectivity index is 1.90. The van der Waals surface area contributed by atoms with E-state index in [9.17, 15) is 0 Å². The van der Waals surface area contributed by atoms with Crippen LogP contribution >= 0.6 is 0 Å². The lowest BCUT2D eigenvalue weighted by Gasteiger charge is -2.09. The van der Waals surface area contributed by atoms with Crippen LogP contribution in [0.5, 0.6) is 0 Å². The minimum Gasteiger partial charge on any atom is -0.293 e. The molecule has 0 bridgehead atoms. The average Bonchev–Trinajstić information content (AvgIpc) is 3.14. The minimum absolute atomic E-state index is 0.850. The molecule has 1 saturated carbocycles. The molecule has 1 aromatic carbocycles. The molecule has 1 heteroatoms. The molecule has 1 aromatic rings. The first-order valence-corrected chi connectivity index (χ1v) is 5.71. The third-order valence-corrected chi connectivity index (χ3v) is 3.19. The molecule has 0 aromatic heterocycles. The average molecular weight is 197 g/mol. The lowest BCUT2D eigenvalue weighted by atomic mass is 9.98. The van der Waals surface area contributed by atoms with Gasteiger partial charge >= 0.3 is 0 Å². The number of hydrogen-bond donors (Lipinski definition) is 0. The van der Waals surface area contributed by atoms with Crippen molar-refractivity contribution in [1.82, 2.24) is 0 Å². The van der Waals surface area contributed by atoms with Crippen LogP contribution in [0.4, 0.5) is 0 Å². The molecule has 1 nitrogen and oxygen atoms in total. The van der Waals surface area contributed by atoms with Crippen molar-refractivity contribution in [1.29, 1.82) is 0 Å². The van der Waals surface area contributed by atoms with Crippen molar-refractivity contribution in [3.05, 3.63) is 41.5 Å². The Morgan fingerprint density at radius 1 is 1.20 bits per heavy atom. The van der Waals surface area contributed by atoms with Crippen molar-refractivity contribution in [2.24, 2.45) is 4.99 Å². The van der Waals surface area contributed by atoms with Crippen LogP contribution in [0.25, 0.3) is 5.57 Å². The van der Waals surface area contributed by atoms with Crippen molar-refractivity contribution >= 4 is 11.8 Å². The van der Waals surface area contributed by atoms with Crippen LogP contribution in [-0.2, 0) is 0 Å². The smallest absolute Gasteiger partial charge is 0.0572 e. The van der Waals surface area contributed by atoms with E-state index in [0.29, 0.717) is 0 Å². The van der Waals surface area contributed by atoms with Crippen LogP contribution in [0.2, 0.25) is 0 Å². The maximum Gasteiger partial charge on any atom is 0.0572 e. The normalized spacial score (nSPS) is 20.1. The van der Waals surface area contributed by atoms with Gasteiger partial charge in [0.25, 0.3) is 0 Å². The van der Waals surface area contributed by atoms with Crippen LogP contribution in [0, 0.1) is 0 Å². The molecule has 0 atom stereocenters. The highest BCUT2D eigenvalue weighted by molar-refractivity contribution is 5.81. The first-order chi connectivity index (χ1) is 7.43. The summed E-state index contributed by atoms with van der Waals surface area (Å²) in [6, 6.07) is 9.04. The predicted molar refractivity (Wildman–Crippen MR) is 64.4 cm³/mol. The Hall–Kier alpha value is -1.37. The van der Waals surface area contributed by atoms with Gasteiger partial charge < -0.3 is 0 Å². The molecular formula is C14H15N. The highest BCUT2D eigenvalue weighted by atomic mass is 14.7. The molecule has 2 aliphatic rings. The number of benzene rings is 1. The zero-order chi connectivity index (χ0) is 10.1. The van der Waals surface area contributed by atoms with Gasteiger partial charge in [-0.15, -0.1) is 0 Å². The number of dihydropyridines is 1. The van der Waals surface area contributed by atoms with Gasteiger partial charge in [-0.05, 0) is 35.5 Å². The van der Waals surface area contributed by atoms with E-state index in [0.717, 1.165) is 18.9 Å². The minimum atomic E-state index is 0.850. The lowest BCUT2D eigenvalue weighted by Crippen LogP contribution is -1.94. The molecule has 0 amide bonds. The van der Waals surface area contributed by atoms with Gasteiger partial charge in [0.1, 0.15) is 0 Å². The van der Waals surface area contributed by atoms with Crippen molar-refractivity contribution in [3.63, 3.8) is 0 Å². The molecule has 0 unspecified atom stereocenters. The summed E-state index contributed by atoms with van der Waals surface area (Å²) in [6.07, 6.45) is 8.02. The molecule has 1 heterocycles. The Morgan fingerprint density at radius 3 is 2.87 bits per heavy atom. The largest absolute Gasteiger partial charge is 0.293 e. The number of hydrogen-bond acceptors (Lipinski definition) is 1. The summed E-state index contributed by atoms with van der Waals surface area (Å²) in [5.41, 5.74) is 4.36. The van der Waals surface area contributed by atoms with E-state index in [1.54, 1.807) is 0 Å². The summed E-state index contributed by atoms with van der Waals surface area (Å²) in [6.45, 7) is 0.850. The van der Waals surface area contributed by atoms with Crippen LogP contribution in [0.15, 0.2) is 35.3 Å². The Bertz CT molecular complexity index is 425. The fourth-order valence-electron chi connectivity index (χ4n) is 2.13. The van der Waals surface area contributed by atoms with Crippen LogP contribution < -0.4 is 0 Å². The monoisotopic (exact) mass is 197 g/mol. The molecule has 1 aliphatic heterocycles. The Kier molecular flexibility index (Phi) is 2.17. The molecule has 15 heavy (non-hydrogen) atoms. The first kappa shape index (κ1) is 8.90. The van der Waals surface area contributed by atoms with Crippen LogP contribution in [0.3, 0.4) is 0 Å². The number of allylic oxidation sites excluding steroid dienone is 1. The quantitative estimate of drug-likeness (QED) is 0.689. The molecule has 1 aliphatic carbocycles. The molecule has 1 fully saturated rings. The molecule has 76 valence electrons. The SMILES string of the molecule is C1=NCC=C(c2cccc(C3CC3)c2)C1. The van der Waals surface area contributed by atoms with E-state index < -0.39 is 0 Å². The molecule has 0 N–H and O–H groups in total. The Morgan fingerprint density at radius 2 is 2.13 bits per heavy atom. The van der Waals surface area contributed by atoms with E-state index >= 15 is 0 Å². The van der Waals surface area contributed by atoms with Gasteiger partial charge in [-0.1, -0.05) is 30.3 Å². The third kappa shape index (κ3) is 1.87. The van der Waals surface area contributed by atoms with Gasteiger partial charge in [-0.25, -0.2) is 0 Å². The summed E-state index contributed by atoms with van der Waals surface area (Å²) < 4.78 is 0. The highest BCUT2D eigenvalue weighted by Gasteiger charge is 2.23. The zero-order valence-corrected chi connectivity index (χ0v) is 8.82. The topological polar surface area (TPSA) is 12.4 Å². The number of aliphatic imine (C=N–C) groups is 1. The van der Waals surface area contributed by atoms with Crippen molar-refractivity contribution in [2.75, 3.05) is 6.54 Å². The first-order valence-electron chi connectivity index (χ1n) is 5.71. The zero-order valence-electron chi connectivity index (χ0n) is 8.82. The predicted octanol–water partition coefficient (Wildman–Crippen LogP) is 3.42. The fraction of sp³-hybridized carbons (Fsp3) is 0.357. The van der Waals surface area contributed by atoms with E-state index in [-0.39, 0.29) is 0 Å². The maximum absolute atomic E-state index is 4.22. The third-order valence-electron chi connectivity index (χ3n) is 3.19. The fourth-order valence-corrected chi connectivity index (χ4v) is 2.13. The number of rotatable bonds is 2. The van der Waals surface area contributed by atoms with E-state index in [1.165, 1.54) is 29.5 Å². The molecular weight excluding hydrogens is 182 g/mol. The van der Waals surface area contributed by atoms with Crippen molar-refractivity contribution < 1.29 is 0 Å². The van der Waals surface area contributed by atoms with Crippen molar-refractivity contribution in [3.8, 4) is 0 Å². The number of nitrogens with zero attached hydrogens (tertiary/aromatic N) is 1. The Labute approximate surface area is 90.5 Å². The van der Waals surface area contributed by atoms with Crippen LogP contribution in [-0.4, -0.2) is 12.8 Å². The summed E-state index contributed by atoms with van der Waals surface area (Å²) in [7, 11) is 0. The van der Waals surface area contributed by atoms with Gasteiger partial charge in [-0.2, -0.15) is 0 Å². The van der Waals surface area contributed by atoms with Gasteiger partial charge in [0.05, 0.1) is 6.54 Å². The van der Waals surface area contributed by atoms with Gasteiger partial charge in [-0.3, -0.25) is 4.99 Å². The van der Waals surface area contributed by atoms with Crippen LogP contribution in [0.1, 0.15) is 36.3 Å². The second kappa shape index (κ2) is 3.65. The highest BCUT2D eigenvalue weighted by Crippen LogP contribution is 2.40. The van der Waals surface area contributed by atoms with E-state index in [1.807, 2.05) is 6.21 Å². The summed E-state index contributed by atoms with van der Waals surface area (Å²) in [5.74, 6) is 0.850. The van der Waals surface area contributed by atoms with Gasteiger partial charge in [0, 0.05) is 12.6 Å². The summed E-state index contributed by atoms with van der Waals surface area (Å²) >= 11 is 0. The summed E-state index contributed by atoms with van der Waals surface area (Å²) in [4.78, 5) is 4.22. The van der Waals surface area contributed by atoms with Gasteiger partial charge in [0.2, 0.25) is 0 Å². The second-order valence-corrected chi connectivity index (χ2v) is 4.38. The lowest BCUT2D eigenvalue weighted by molar-refractivity contribution is 1.12. The second-order valence-electron chi connectivity index (χ2n) is 4.38. The molecule has 3 rings (SSSR count). The molecule has 0 radical (unpaired) electrons. The van der Waals surface area contributed by atoms with Crippen molar-refractivity contribution in [2.45, 2.75) is 25.2 Å².